The number of nitrogens with zero attached hydrogens (tertiary/aromatic N) is 1. The predicted molar refractivity (Wildman–Crippen MR) is 64.3 cm³/mol. The first-order valence-electron chi connectivity index (χ1n) is 4.78. The number of halogens is 1. The van der Waals surface area contributed by atoms with Crippen molar-refractivity contribution in [3.05, 3.63) is 53.7 Å². The van der Waals surface area contributed by atoms with Crippen molar-refractivity contribution in [3.63, 3.8) is 0 Å². The third-order valence-electron chi connectivity index (χ3n) is 2.58. The third kappa shape index (κ3) is 1.28. The summed E-state index contributed by atoms with van der Waals surface area (Å²) < 4.78 is 0. The molecule has 0 radical (unpaired) electrons. The van der Waals surface area contributed by atoms with E-state index in [0.29, 0.717) is 0 Å². The first-order valence-corrected chi connectivity index (χ1v) is 5.16. The monoisotopic (exact) mass is 213 g/mol. The Labute approximate surface area is 92.3 Å². The highest BCUT2D eigenvalue weighted by Gasteiger charge is 2.02. The average Bonchev–Trinajstić information content (AvgIpc) is 2.29. The summed E-state index contributed by atoms with van der Waals surface area (Å²) in [5.41, 5.74) is 1.01. The van der Waals surface area contributed by atoms with Gasteiger partial charge in [0.05, 0.1) is 5.52 Å². The molecule has 0 aliphatic heterocycles. The van der Waals surface area contributed by atoms with E-state index < -0.39 is 0 Å². The van der Waals surface area contributed by atoms with Gasteiger partial charge in [-0.2, -0.15) is 0 Å². The average molecular weight is 214 g/mol. The van der Waals surface area contributed by atoms with Crippen LogP contribution in [0.2, 0.25) is 5.02 Å². The van der Waals surface area contributed by atoms with Gasteiger partial charge in [-0.05, 0) is 12.1 Å². The van der Waals surface area contributed by atoms with Crippen molar-refractivity contribution in [1.29, 1.82) is 0 Å². The van der Waals surface area contributed by atoms with Crippen molar-refractivity contribution in [2.45, 2.75) is 0 Å². The molecule has 0 saturated heterocycles. The number of hydrogen-bond donors (Lipinski definition) is 0. The molecular weight excluding hydrogens is 206 g/mol. The first-order chi connectivity index (χ1) is 7.36. The lowest BCUT2D eigenvalue weighted by Crippen LogP contribution is -1.81. The molecule has 0 fully saturated rings. The molecule has 15 heavy (non-hydrogen) atoms. The SMILES string of the molecule is Clc1cccc2c1ccc1cccnc12. The number of aromatic nitrogens is 1. The molecule has 0 unspecified atom stereocenters. The van der Waals surface area contributed by atoms with Gasteiger partial charge < -0.3 is 0 Å². The largest absolute Gasteiger partial charge is 0.256 e. The Morgan fingerprint density at radius 2 is 1.80 bits per heavy atom. The number of pyridine rings is 1. The Morgan fingerprint density at radius 1 is 0.867 bits per heavy atom. The summed E-state index contributed by atoms with van der Waals surface area (Å²) in [6, 6.07) is 14.0. The normalized spacial score (nSPS) is 11.0. The van der Waals surface area contributed by atoms with Gasteiger partial charge in [0.1, 0.15) is 0 Å². The zero-order valence-corrected chi connectivity index (χ0v) is 8.70. The van der Waals surface area contributed by atoms with Gasteiger partial charge in [0, 0.05) is 27.4 Å². The van der Waals surface area contributed by atoms with Crippen molar-refractivity contribution >= 4 is 33.3 Å². The lowest BCUT2D eigenvalue weighted by Gasteiger charge is -2.03. The number of rotatable bonds is 0. The Kier molecular flexibility index (Phi) is 1.86. The highest BCUT2D eigenvalue weighted by Crippen LogP contribution is 2.28. The minimum atomic E-state index is 0.778. The second-order valence-electron chi connectivity index (χ2n) is 3.48. The van der Waals surface area contributed by atoms with Gasteiger partial charge >= 0.3 is 0 Å². The number of fused-ring (bicyclic) bond motifs is 3. The highest BCUT2D eigenvalue weighted by molar-refractivity contribution is 6.36. The molecule has 0 spiro atoms. The molecule has 1 nitrogen and oxygen atoms in total. The van der Waals surface area contributed by atoms with E-state index >= 15 is 0 Å². The maximum Gasteiger partial charge on any atom is 0.0780 e. The van der Waals surface area contributed by atoms with Gasteiger partial charge in [0.15, 0.2) is 0 Å². The smallest absolute Gasteiger partial charge is 0.0780 e. The van der Waals surface area contributed by atoms with Crippen LogP contribution in [0.5, 0.6) is 0 Å². The molecule has 0 atom stereocenters. The van der Waals surface area contributed by atoms with E-state index in [-0.39, 0.29) is 0 Å². The predicted octanol–water partition coefficient (Wildman–Crippen LogP) is 4.04. The fraction of sp³-hybridized carbons (Fsp3) is 0. The van der Waals surface area contributed by atoms with Crippen LogP contribution in [0.3, 0.4) is 0 Å². The fourth-order valence-corrected chi connectivity index (χ4v) is 2.10. The van der Waals surface area contributed by atoms with Gasteiger partial charge in [0.25, 0.3) is 0 Å². The van der Waals surface area contributed by atoms with E-state index in [4.69, 9.17) is 11.6 Å². The summed E-state index contributed by atoms with van der Waals surface area (Å²) in [7, 11) is 0. The van der Waals surface area contributed by atoms with Gasteiger partial charge in [-0.1, -0.05) is 41.9 Å². The zero-order chi connectivity index (χ0) is 10.3. The molecule has 2 aromatic carbocycles. The van der Waals surface area contributed by atoms with Crippen molar-refractivity contribution in [2.75, 3.05) is 0 Å². The zero-order valence-electron chi connectivity index (χ0n) is 7.94. The van der Waals surface area contributed by atoms with Gasteiger partial charge in [-0.15, -0.1) is 0 Å². The van der Waals surface area contributed by atoms with Gasteiger partial charge in [-0.25, -0.2) is 0 Å². The maximum atomic E-state index is 6.13. The number of benzene rings is 2. The standard InChI is InChI=1S/C13H8ClN/c14-12-5-1-4-11-10(12)7-6-9-3-2-8-15-13(9)11/h1-8H. The molecule has 0 saturated carbocycles. The number of hydrogen-bond acceptors (Lipinski definition) is 1. The van der Waals surface area contributed by atoms with E-state index in [1.807, 2.05) is 30.5 Å². The summed E-state index contributed by atoms with van der Waals surface area (Å²) in [5, 5.41) is 4.10. The molecule has 0 amide bonds. The van der Waals surface area contributed by atoms with Crippen molar-refractivity contribution in [3.8, 4) is 0 Å². The van der Waals surface area contributed by atoms with Crippen molar-refractivity contribution in [1.82, 2.24) is 4.98 Å². The van der Waals surface area contributed by atoms with Crippen LogP contribution in [0.4, 0.5) is 0 Å². The molecule has 0 bridgehead atoms. The first kappa shape index (κ1) is 8.69. The van der Waals surface area contributed by atoms with E-state index in [2.05, 4.69) is 23.2 Å². The molecule has 1 heterocycles. The quantitative estimate of drug-likeness (QED) is 0.514. The molecule has 3 rings (SSSR count). The van der Waals surface area contributed by atoms with Crippen molar-refractivity contribution in [2.24, 2.45) is 0 Å². The maximum absolute atomic E-state index is 6.13. The van der Waals surface area contributed by atoms with E-state index in [9.17, 15) is 0 Å². The Hall–Kier alpha value is -1.60. The molecule has 0 N–H and O–H groups in total. The van der Waals surface area contributed by atoms with E-state index in [1.165, 1.54) is 0 Å². The van der Waals surface area contributed by atoms with Gasteiger partial charge in [0.2, 0.25) is 0 Å². The van der Waals surface area contributed by atoms with Crippen LogP contribution >= 0.6 is 11.6 Å². The minimum Gasteiger partial charge on any atom is -0.256 e. The minimum absolute atomic E-state index is 0.778. The van der Waals surface area contributed by atoms with Crippen LogP contribution in [-0.2, 0) is 0 Å². The lowest BCUT2D eigenvalue weighted by molar-refractivity contribution is 1.43. The summed E-state index contributed by atoms with van der Waals surface area (Å²) in [6.45, 7) is 0. The van der Waals surface area contributed by atoms with Crippen LogP contribution in [0.15, 0.2) is 48.7 Å². The van der Waals surface area contributed by atoms with Gasteiger partial charge in [-0.3, -0.25) is 4.98 Å². The molecule has 72 valence electrons. The lowest BCUT2D eigenvalue weighted by atomic mass is 10.1. The molecule has 1 aromatic heterocycles. The summed E-state index contributed by atoms with van der Waals surface area (Å²) in [5.74, 6) is 0. The summed E-state index contributed by atoms with van der Waals surface area (Å²) in [6.07, 6.45) is 1.81. The third-order valence-corrected chi connectivity index (χ3v) is 2.91. The Bertz CT molecular complexity index is 646. The molecule has 2 heteroatoms. The fourth-order valence-electron chi connectivity index (χ4n) is 1.86. The van der Waals surface area contributed by atoms with Crippen LogP contribution in [0.1, 0.15) is 0 Å². The second-order valence-corrected chi connectivity index (χ2v) is 3.88. The molecular formula is C13H8ClN. The van der Waals surface area contributed by atoms with E-state index in [1.54, 1.807) is 0 Å². The highest BCUT2D eigenvalue weighted by atomic mass is 35.5. The van der Waals surface area contributed by atoms with Crippen LogP contribution in [0.25, 0.3) is 21.7 Å². The Balaban J connectivity index is 2.60. The Morgan fingerprint density at radius 3 is 2.73 bits per heavy atom. The molecule has 0 aliphatic carbocycles. The molecule has 3 aromatic rings. The van der Waals surface area contributed by atoms with Crippen LogP contribution < -0.4 is 0 Å². The van der Waals surface area contributed by atoms with Crippen LogP contribution in [-0.4, -0.2) is 4.98 Å². The van der Waals surface area contributed by atoms with Crippen molar-refractivity contribution < 1.29 is 0 Å². The van der Waals surface area contributed by atoms with Crippen LogP contribution in [0, 0.1) is 0 Å². The van der Waals surface area contributed by atoms with E-state index in [0.717, 1.165) is 26.7 Å². The second kappa shape index (κ2) is 3.21. The summed E-state index contributed by atoms with van der Waals surface area (Å²) >= 11 is 6.13. The summed E-state index contributed by atoms with van der Waals surface area (Å²) in [4.78, 5) is 4.39. The topological polar surface area (TPSA) is 12.9 Å². The molecule has 0 aliphatic rings.